The number of rotatable bonds is 3. The molecule has 1 aliphatic rings. The molecule has 14 heteroatoms. The highest BCUT2D eigenvalue weighted by atomic mass is 35.5. The molecule has 9 nitrogen and oxygen atoms in total. The topological polar surface area (TPSA) is 112 Å². The van der Waals surface area contributed by atoms with Crippen LogP contribution in [-0.2, 0) is 22.2 Å². The van der Waals surface area contributed by atoms with Gasteiger partial charge in [-0.15, -0.1) is 5.10 Å². The molecule has 2 aromatic heterocycles. The van der Waals surface area contributed by atoms with Gasteiger partial charge in [0.05, 0.1) is 29.9 Å². The van der Waals surface area contributed by atoms with Gasteiger partial charge >= 0.3 is 6.18 Å². The minimum atomic E-state index is -4.71. The number of halogens is 5. The summed E-state index contributed by atoms with van der Waals surface area (Å²) in [5.41, 5.74) is -0.417. The van der Waals surface area contributed by atoms with Gasteiger partial charge in [-0.1, -0.05) is 30.2 Å². The Bertz CT molecular complexity index is 1750. The van der Waals surface area contributed by atoms with Crippen LogP contribution in [0.4, 0.5) is 23.2 Å². The highest BCUT2D eigenvalue weighted by molar-refractivity contribution is 6.31. The minimum absolute atomic E-state index is 0.0208. The average molecular weight is 617 g/mol. The summed E-state index contributed by atoms with van der Waals surface area (Å²) in [7, 11) is 0. The van der Waals surface area contributed by atoms with Crippen LogP contribution in [0.2, 0.25) is 5.02 Å². The molecule has 224 valence electrons. The first kappa shape index (κ1) is 30.1. The van der Waals surface area contributed by atoms with E-state index in [4.69, 9.17) is 11.6 Å². The number of carbonyl (C=O) groups is 2. The largest absolute Gasteiger partial charge is 0.436 e. The monoisotopic (exact) mass is 616 g/mol. The Morgan fingerprint density at radius 1 is 1.02 bits per heavy atom. The maximum atomic E-state index is 14.0. The number of hydrogen-bond acceptors (Lipinski definition) is 6. The molecule has 1 amide bonds. The number of fused-ring (bicyclic) bond motifs is 1. The third-order valence-corrected chi connectivity index (χ3v) is 7.57. The van der Waals surface area contributed by atoms with Crippen molar-refractivity contribution < 1.29 is 27.2 Å². The molecule has 0 saturated heterocycles. The molecule has 0 unspecified atom stereocenters. The second kappa shape index (κ2) is 12.1. The van der Waals surface area contributed by atoms with Crippen LogP contribution in [0.15, 0.2) is 59.8 Å². The number of benzene rings is 2. The van der Waals surface area contributed by atoms with E-state index in [1.165, 1.54) is 53.4 Å². The summed E-state index contributed by atoms with van der Waals surface area (Å²) >= 11 is 6.17. The number of amides is 1. The standard InChI is InChI=1S/C29H25ClF4N6O3/c1-16-3-2-4-24(25(41)10-5-17-11-19(31)7-8-21(17)36-28(16)43)39-15-35-22(13-27(39)42)20-12-18(30)6-9-23(20)40-14-26(37-38-40)29(32,33)34/h6-9,11-16,24H,2-5,10H2,1H3,(H,36,43)/t16-,24+/m1/s1. The number of nitrogens with zero attached hydrogens (tertiary/aromatic N) is 5. The molecule has 0 aliphatic carbocycles. The van der Waals surface area contributed by atoms with Crippen molar-refractivity contribution in [1.29, 1.82) is 0 Å². The van der Waals surface area contributed by atoms with E-state index in [9.17, 15) is 31.9 Å². The summed E-state index contributed by atoms with van der Waals surface area (Å²) < 4.78 is 55.5. The Labute approximate surface area is 247 Å². The number of Topliss-reactive ketones (excluding diaryl/α,β-unsaturated/α-hetero) is 1. The number of nitrogens with one attached hydrogen (secondary N) is 1. The number of alkyl halides is 3. The quantitative estimate of drug-likeness (QED) is 0.291. The van der Waals surface area contributed by atoms with Gasteiger partial charge in [0, 0.05) is 34.7 Å². The van der Waals surface area contributed by atoms with E-state index in [1.54, 1.807) is 6.92 Å². The van der Waals surface area contributed by atoms with Gasteiger partial charge in [0.2, 0.25) is 5.91 Å². The van der Waals surface area contributed by atoms with Gasteiger partial charge in [-0.3, -0.25) is 19.0 Å². The van der Waals surface area contributed by atoms with Crippen LogP contribution in [0.5, 0.6) is 0 Å². The molecule has 0 fully saturated rings. The number of aryl methyl sites for hydroxylation is 1. The van der Waals surface area contributed by atoms with Crippen molar-refractivity contribution in [1.82, 2.24) is 24.5 Å². The fourth-order valence-electron chi connectivity index (χ4n) is 4.99. The zero-order valence-electron chi connectivity index (χ0n) is 22.7. The zero-order valence-corrected chi connectivity index (χ0v) is 23.5. The molecule has 0 radical (unpaired) electrons. The number of carbonyl (C=O) groups excluding carboxylic acids is 2. The fourth-order valence-corrected chi connectivity index (χ4v) is 5.16. The molecule has 3 heterocycles. The van der Waals surface area contributed by atoms with Crippen LogP contribution in [0.3, 0.4) is 0 Å². The Kier molecular flexibility index (Phi) is 8.45. The summed E-state index contributed by atoms with van der Waals surface area (Å²) in [4.78, 5) is 43.9. The van der Waals surface area contributed by atoms with Gasteiger partial charge in [0.25, 0.3) is 5.56 Å². The van der Waals surface area contributed by atoms with Crippen molar-refractivity contribution in [3.63, 3.8) is 0 Å². The highest BCUT2D eigenvalue weighted by Gasteiger charge is 2.35. The van der Waals surface area contributed by atoms with Gasteiger partial charge in [-0.2, -0.15) is 13.2 Å². The summed E-state index contributed by atoms with van der Waals surface area (Å²) in [6, 6.07) is 8.54. The molecule has 2 aromatic carbocycles. The molecule has 4 aromatic rings. The highest BCUT2D eigenvalue weighted by Crippen LogP contribution is 2.31. The first-order valence-corrected chi connectivity index (χ1v) is 13.8. The average Bonchev–Trinajstić information content (AvgIpc) is 3.46. The van der Waals surface area contributed by atoms with Crippen LogP contribution in [0.1, 0.15) is 49.9 Å². The van der Waals surface area contributed by atoms with E-state index in [2.05, 4.69) is 20.6 Å². The van der Waals surface area contributed by atoms with Gasteiger partial charge in [0.1, 0.15) is 5.82 Å². The molecule has 0 saturated carbocycles. The summed E-state index contributed by atoms with van der Waals surface area (Å²) in [5.74, 6) is -1.40. The number of aromatic nitrogens is 5. The van der Waals surface area contributed by atoms with Crippen LogP contribution < -0.4 is 10.9 Å². The van der Waals surface area contributed by atoms with E-state index in [-0.39, 0.29) is 52.9 Å². The lowest BCUT2D eigenvalue weighted by Gasteiger charge is -2.22. The molecule has 0 spiro atoms. The Morgan fingerprint density at radius 2 is 1.81 bits per heavy atom. The number of anilines is 1. The molecular weight excluding hydrogens is 592 g/mol. The molecule has 5 rings (SSSR count). The van der Waals surface area contributed by atoms with Gasteiger partial charge in [-0.25, -0.2) is 14.1 Å². The normalized spacial score (nSPS) is 18.4. The van der Waals surface area contributed by atoms with Crippen LogP contribution in [0, 0.1) is 11.7 Å². The second-order valence-electron chi connectivity index (χ2n) is 10.3. The van der Waals surface area contributed by atoms with Gasteiger partial charge in [-0.05, 0) is 61.2 Å². The fraction of sp³-hybridized carbons (Fsp3) is 0.310. The van der Waals surface area contributed by atoms with Crippen molar-refractivity contribution in [2.24, 2.45) is 5.92 Å². The van der Waals surface area contributed by atoms with Crippen LogP contribution in [0.25, 0.3) is 16.9 Å². The first-order chi connectivity index (χ1) is 20.4. The maximum Gasteiger partial charge on any atom is 0.436 e. The first-order valence-electron chi connectivity index (χ1n) is 13.4. The van der Waals surface area contributed by atoms with E-state index < -0.39 is 35.2 Å². The molecule has 1 aliphatic heterocycles. The van der Waals surface area contributed by atoms with Crippen molar-refractivity contribution in [2.75, 3.05) is 5.32 Å². The summed E-state index contributed by atoms with van der Waals surface area (Å²) in [5, 5.41) is 9.81. The number of hydrogen-bond donors (Lipinski definition) is 1. The predicted molar refractivity (Wildman–Crippen MR) is 149 cm³/mol. The van der Waals surface area contributed by atoms with Crippen molar-refractivity contribution in [2.45, 2.75) is 51.2 Å². The lowest BCUT2D eigenvalue weighted by Crippen LogP contribution is -2.31. The Hall–Kier alpha value is -4.39. The zero-order chi connectivity index (χ0) is 30.9. The van der Waals surface area contributed by atoms with E-state index in [1.807, 2.05) is 0 Å². The van der Waals surface area contributed by atoms with Crippen molar-refractivity contribution in [3.05, 3.63) is 87.4 Å². The van der Waals surface area contributed by atoms with E-state index in [0.29, 0.717) is 30.3 Å². The lowest BCUT2D eigenvalue weighted by atomic mass is 9.94. The Morgan fingerprint density at radius 3 is 2.53 bits per heavy atom. The lowest BCUT2D eigenvalue weighted by molar-refractivity contribution is -0.141. The third-order valence-electron chi connectivity index (χ3n) is 7.34. The predicted octanol–water partition coefficient (Wildman–Crippen LogP) is 5.80. The van der Waals surface area contributed by atoms with Gasteiger partial charge < -0.3 is 5.32 Å². The summed E-state index contributed by atoms with van der Waals surface area (Å²) in [6.45, 7) is 1.75. The molecular formula is C29H25ClF4N6O3. The molecule has 0 bridgehead atoms. The van der Waals surface area contributed by atoms with Gasteiger partial charge in [0.15, 0.2) is 11.5 Å². The Balaban J connectivity index is 1.48. The smallest absolute Gasteiger partial charge is 0.326 e. The van der Waals surface area contributed by atoms with E-state index in [0.717, 1.165) is 4.68 Å². The maximum absolute atomic E-state index is 14.0. The summed E-state index contributed by atoms with van der Waals surface area (Å²) in [6.07, 6.45) is -1.51. The second-order valence-corrected chi connectivity index (χ2v) is 10.8. The minimum Gasteiger partial charge on any atom is -0.326 e. The molecule has 2 atom stereocenters. The molecule has 43 heavy (non-hydrogen) atoms. The number of ketones is 1. The molecule has 1 N–H and O–H groups in total. The van der Waals surface area contributed by atoms with Crippen molar-refractivity contribution in [3.8, 4) is 16.9 Å². The van der Waals surface area contributed by atoms with E-state index >= 15 is 0 Å². The SMILES string of the molecule is C[C@@H]1CCC[C@H](n2cnc(-c3cc(Cl)ccc3-n3cc(C(F)(F)F)nn3)cc2=O)C(=O)CCc2cc(F)ccc2NC1=O. The van der Waals surface area contributed by atoms with Crippen LogP contribution in [-0.4, -0.2) is 36.2 Å². The van der Waals surface area contributed by atoms with Crippen LogP contribution >= 0.6 is 11.6 Å². The van der Waals surface area contributed by atoms with Crippen molar-refractivity contribution >= 4 is 29.0 Å². The third kappa shape index (κ3) is 6.66.